The average molecular weight is 360 g/mol. The zero-order valence-electron chi connectivity index (χ0n) is 15.5. The molecule has 0 saturated carbocycles. The standard InChI is InChI=1S/C18H32O7/c1-15(20)23-13-17(25-16(2)21)14-24-18(22)11-9-7-5-3-4-6-8-10-12-19/h17,19H,3-14H2,1-2H3. The van der Waals surface area contributed by atoms with Crippen LogP contribution >= 0.6 is 0 Å². The molecule has 1 atom stereocenters. The highest BCUT2D eigenvalue weighted by Gasteiger charge is 2.16. The van der Waals surface area contributed by atoms with Gasteiger partial charge in [0.1, 0.15) is 13.2 Å². The van der Waals surface area contributed by atoms with Gasteiger partial charge >= 0.3 is 17.9 Å². The highest BCUT2D eigenvalue weighted by Crippen LogP contribution is 2.10. The van der Waals surface area contributed by atoms with Crippen molar-refractivity contribution in [2.45, 2.75) is 77.7 Å². The first-order chi connectivity index (χ1) is 12.0. The Morgan fingerprint density at radius 1 is 0.760 bits per heavy atom. The van der Waals surface area contributed by atoms with Gasteiger partial charge in [-0.2, -0.15) is 0 Å². The summed E-state index contributed by atoms with van der Waals surface area (Å²) in [4.78, 5) is 33.5. The van der Waals surface area contributed by atoms with E-state index in [0.29, 0.717) is 6.42 Å². The van der Waals surface area contributed by atoms with E-state index in [-0.39, 0.29) is 25.8 Å². The number of esters is 3. The minimum absolute atomic E-state index is 0.115. The minimum atomic E-state index is -0.774. The van der Waals surface area contributed by atoms with E-state index in [1.165, 1.54) is 13.8 Å². The second-order valence-corrected chi connectivity index (χ2v) is 6.02. The molecule has 0 aromatic rings. The number of rotatable bonds is 15. The maximum Gasteiger partial charge on any atom is 0.305 e. The maximum absolute atomic E-state index is 11.7. The normalized spacial score (nSPS) is 11.6. The summed E-state index contributed by atoms with van der Waals surface area (Å²) in [6.07, 6.45) is 7.74. The Labute approximate surface area is 150 Å². The van der Waals surface area contributed by atoms with Crippen LogP contribution in [-0.4, -0.2) is 48.9 Å². The number of carbonyl (C=O) groups is 3. The van der Waals surface area contributed by atoms with E-state index in [1.807, 2.05) is 0 Å². The second kappa shape index (κ2) is 15.9. The lowest BCUT2D eigenvalue weighted by molar-refractivity contribution is -0.164. The fraction of sp³-hybridized carbons (Fsp3) is 0.833. The van der Waals surface area contributed by atoms with Crippen molar-refractivity contribution >= 4 is 17.9 Å². The summed E-state index contributed by atoms with van der Waals surface area (Å²) < 4.78 is 14.8. The zero-order valence-corrected chi connectivity index (χ0v) is 15.5. The zero-order chi connectivity index (χ0) is 18.9. The third-order valence-electron chi connectivity index (χ3n) is 3.52. The highest BCUT2D eigenvalue weighted by molar-refractivity contribution is 5.69. The molecule has 0 radical (unpaired) electrons. The van der Waals surface area contributed by atoms with E-state index in [9.17, 15) is 14.4 Å². The van der Waals surface area contributed by atoms with Crippen LogP contribution in [-0.2, 0) is 28.6 Å². The maximum atomic E-state index is 11.7. The Morgan fingerprint density at radius 3 is 1.80 bits per heavy atom. The molecule has 25 heavy (non-hydrogen) atoms. The van der Waals surface area contributed by atoms with Gasteiger partial charge in [0, 0.05) is 26.9 Å². The van der Waals surface area contributed by atoms with Crippen LogP contribution in [0.5, 0.6) is 0 Å². The van der Waals surface area contributed by atoms with Crippen LogP contribution in [0.3, 0.4) is 0 Å². The second-order valence-electron chi connectivity index (χ2n) is 6.02. The molecule has 146 valence electrons. The van der Waals surface area contributed by atoms with E-state index in [1.54, 1.807) is 0 Å². The third-order valence-corrected chi connectivity index (χ3v) is 3.52. The van der Waals surface area contributed by atoms with Crippen LogP contribution in [0.15, 0.2) is 0 Å². The summed E-state index contributed by atoms with van der Waals surface area (Å²) in [5.74, 6) is -1.35. The fourth-order valence-corrected chi connectivity index (χ4v) is 2.26. The average Bonchev–Trinajstić information content (AvgIpc) is 2.55. The molecule has 0 amide bonds. The quantitative estimate of drug-likeness (QED) is 0.272. The summed E-state index contributed by atoms with van der Waals surface area (Å²) in [7, 11) is 0. The summed E-state index contributed by atoms with van der Waals surface area (Å²) >= 11 is 0. The van der Waals surface area contributed by atoms with Gasteiger partial charge in [-0.15, -0.1) is 0 Å². The smallest absolute Gasteiger partial charge is 0.305 e. The molecule has 7 nitrogen and oxygen atoms in total. The van der Waals surface area contributed by atoms with Crippen LogP contribution in [0.4, 0.5) is 0 Å². The van der Waals surface area contributed by atoms with Gasteiger partial charge in [0.05, 0.1) is 0 Å². The van der Waals surface area contributed by atoms with Gasteiger partial charge in [-0.3, -0.25) is 14.4 Å². The van der Waals surface area contributed by atoms with Gasteiger partial charge in [-0.25, -0.2) is 0 Å². The number of hydrogen-bond acceptors (Lipinski definition) is 7. The number of ether oxygens (including phenoxy) is 3. The van der Waals surface area contributed by atoms with E-state index in [0.717, 1.165) is 51.4 Å². The molecule has 0 fully saturated rings. The van der Waals surface area contributed by atoms with Crippen molar-refractivity contribution in [3.05, 3.63) is 0 Å². The van der Waals surface area contributed by atoms with E-state index in [2.05, 4.69) is 0 Å². The van der Waals surface area contributed by atoms with E-state index >= 15 is 0 Å². The van der Waals surface area contributed by atoms with Crippen LogP contribution in [0.2, 0.25) is 0 Å². The third kappa shape index (κ3) is 17.0. The topological polar surface area (TPSA) is 99.1 Å². The molecule has 0 aromatic carbocycles. The number of aliphatic hydroxyl groups excluding tert-OH is 1. The molecule has 0 aliphatic carbocycles. The molecule has 0 saturated heterocycles. The van der Waals surface area contributed by atoms with Gasteiger partial charge in [-0.1, -0.05) is 38.5 Å². The number of hydrogen-bond donors (Lipinski definition) is 1. The molecule has 0 spiro atoms. The van der Waals surface area contributed by atoms with Crippen molar-refractivity contribution in [3.63, 3.8) is 0 Å². The molecule has 0 heterocycles. The van der Waals surface area contributed by atoms with Gasteiger partial charge in [0.25, 0.3) is 0 Å². The first-order valence-corrected chi connectivity index (χ1v) is 9.02. The first kappa shape index (κ1) is 23.4. The van der Waals surface area contributed by atoms with Gasteiger partial charge in [-0.05, 0) is 12.8 Å². The summed E-state index contributed by atoms with van der Waals surface area (Å²) in [6, 6.07) is 0. The van der Waals surface area contributed by atoms with Crippen LogP contribution < -0.4 is 0 Å². The van der Waals surface area contributed by atoms with Crippen LogP contribution in [0.1, 0.15) is 71.6 Å². The molecule has 1 N–H and O–H groups in total. The van der Waals surface area contributed by atoms with Gasteiger partial charge in [0.2, 0.25) is 0 Å². The van der Waals surface area contributed by atoms with Crippen molar-refractivity contribution in [1.82, 2.24) is 0 Å². The summed E-state index contributed by atoms with van der Waals surface area (Å²) in [5, 5.41) is 8.68. The molecular formula is C18H32O7. The summed E-state index contributed by atoms with van der Waals surface area (Å²) in [5.41, 5.74) is 0. The fourth-order valence-electron chi connectivity index (χ4n) is 2.26. The Balaban J connectivity index is 3.70. The number of unbranched alkanes of at least 4 members (excludes halogenated alkanes) is 7. The molecule has 0 aliphatic heterocycles. The lowest BCUT2D eigenvalue weighted by Gasteiger charge is -2.16. The molecule has 0 aliphatic rings. The highest BCUT2D eigenvalue weighted by atomic mass is 16.6. The number of aliphatic hydroxyl groups is 1. The Bertz CT molecular complexity index is 382. The van der Waals surface area contributed by atoms with Crippen LogP contribution in [0, 0.1) is 0 Å². The molecule has 0 aromatic heterocycles. The predicted molar refractivity (Wildman–Crippen MR) is 91.8 cm³/mol. The van der Waals surface area contributed by atoms with Crippen molar-refractivity contribution in [3.8, 4) is 0 Å². The summed E-state index contributed by atoms with van der Waals surface area (Å²) in [6.45, 7) is 2.52. The number of carbonyl (C=O) groups excluding carboxylic acids is 3. The van der Waals surface area contributed by atoms with Crippen molar-refractivity contribution < 1.29 is 33.7 Å². The largest absolute Gasteiger partial charge is 0.462 e. The lowest BCUT2D eigenvalue weighted by Crippen LogP contribution is -2.29. The van der Waals surface area contributed by atoms with Crippen molar-refractivity contribution in [1.29, 1.82) is 0 Å². The SMILES string of the molecule is CC(=O)OCC(COC(=O)CCCCCCCCCCO)OC(C)=O. The molecular weight excluding hydrogens is 328 g/mol. The van der Waals surface area contributed by atoms with Crippen LogP contribution in [0.25, 0.3) is 0 Å². The molecule has 7 heteroatoms. The molecule has 1 unspecified atom stereocenters. The molecule has 0 rings (SSSR count). The van der Waals surface area contributed by atoms with E-state index in [4.69, 9.17) is 19.3 Å². The first-order valence-electron chi connectivity index (χ1n) is 9.02. The van der Waals surface area contributed by atoms with Gasteiger partial charge < -0.3 is 19.3 Å². The Morgan fingerprint density at radius 2 is 1.28 bits per heavy atom. The Kier molecular flexibility index (Phi) is 14.8. The van der Waals surface area contributed by atoms with E-state index < -0.39 is 18.0 Å². The minimum Gasteiger partial charge on any atom is -0.462 e. The monoisotopic (exact) mass is 360 g/mol. The van der Waals surface area contributed by atoms with Gasteiger partial charge in [0.15, 0.2) is 6.10 Å². The Hall–Kier alpha value is -1.63. The van der Waals surface area contributed by atoms with Crippen molar-refractivity contribution in [2.75, 3.05) is 19.8 Å². The van der Waals surface area contributed by atoms with Crippen molar-refractivity contribution in [2.24, 2.45) is 0 Å². The predicted octanol–water partition coefficient (Wildman–Crippen LogP) is 2.53. The molecule has 0 bridgehead atoms. The lowest BCUT2D eigenvalue weighted by atomic mass is 10.1.